The second kappa shape index (κ2) is 8.37. The molecular weight excluding hydrogens is 264 g/mol. The first-order chi connectivity index (χ1) is 9.11. The van der Waals surface area contributed by atoms with E-state index in [0.29, 0.717) is 6.42 Å². The summed E-state index contributed by atoms with van der Waals surface area (Å²) in [6.45, 7) is 0. The number of aliphatic carboxylic acids is 1. The van der Waals surface area contributed by atoms with Crippen LogP contribution < -0.4 is 0 Å². The summed E-state index contributed by atoms with van der Waals surface area (Å²) in [5.74, 6) is 0.400. The van der Waals surface area contributed by atoms with E-state index >= 15 is 0 Å². The Morgan fingerprint density at radius 2 is 2.00 bits per heavy atom. The third-order valence-electron chi connectivity index (χ3n) is 2.35. The van der Waals surface area contributed by atoms with Gasteiger partial charge in [0.25, 0.3) is 0 Å². The van der Waals surface area contributed by atoms with Crippen molar-refractivity contribution in [3.05, 3.63) is 41.5 Å². The fourth-order valence-corrected chi connectivity index (χ4v) is 2.22. The summed E-state index contributed by atoms with van der Waals surface area (Å²) in [7, 11) is 1.39. The molecule has 0 aliphatic carbocycles. The fourth-order valence-electron chi connectivity index (χ4n) is 1.34. The van der Waals surface area contributed by atoms with Gasteiger partial charge in [0.15, 0.2) is 0 Å². The van der Waals surface area contributed by atoms with Gasteiger partial charge >= 0.3 is 11.9 Å². The zero-order chi connectivity index (χ0) is 14.1. The van der Waals surface area contributed by atoms with Gasteiger partial charge in [-0.3, -0.25) is 4.79 Å². The molecule has 102 valence electrons. The average molecular weight is 280 g/mol. The molecule has 0 saturated heterocycles. The van der Waals surface area contributed by atoms with Gasteiger partial charge in [0.05, 0.1) is 13.5 Å². The van der Waals surface area contributed by atoms with Crippen molar-refractivity contribution in [2.45, 2.75) is 12.2 Å². The van der Waals surface area contributed by atoms with Crippen molar-refractivity contribution in [3.8, 4) is 0 Å². The molecule has 19 heavy (non-hydrogen) atoms. The van der Waals surface area contributed by atoms with E-state index in [4.69, 9.17) is 5.11 Å². The van der Waals surface area contributed by atoms with Crippen LogP contribution in [0.1, 0.15) is 17.5 Å². The van der Waals surface area contributed by atoms with Crippen LogP contribution >= 0.6 is 11.8 Å². The quantitative estimate of drug-likeness (QED) is 0.472. The van der Waals surface area contributed by atoms with Crippen LogP contribution in [0.2, 0.25) is 0 Å². The first-order valence-electron chi connectivity index (χ1n) is 5.76. The van der Waals surface area contributed by atoms with Crippen molar-refractivity contribution >= 4 is 29.8 Å². The largest absolute Gasteiger partial charge is 0.478 e. The number of esters is 1. The van der Waals surface area contributed by atoms with Crippen molar-refractivity contribution in [1.82, 2.24) is 0 Å². The molecule has 0 heterocycles. The Labute approximate surface area is 116 Å². The van der Waals surface area contributed by atoms with Crippen LogP contribution in [0.25, 0.3) is 6.08 Å². The van der Waals surface area contributed by atoms with Gasteiger partial charge in [-0.05, 0) is 17.2 Å². The molecule has 1 aromatic carbocycles. The number of ether oxygens (including phenoxy) is 1. The van der Waals surface area contributed by atoms with Crippen molar-refractivity contribution in [2.75, 3.05) is 12.9 Å². The topological polar surface area (TPSA) is 63.6 Å². The summed E-state index contributed by atoms with van der Waals surface area (Å²) < 4.78 is 4.56. The van der Waals surface area contributed by atoms with E-state index in [9.17, 15) is 9.59 Å². The lowest BCUT2D eigenvalue weighted by molar-refractivity contribution is -0.140. The van der Waals surface area contributed by atoms with Crippen LogP contribution in [0.15, 0.2) is 30.3 Å². The van der Waals surface area contributed by atoms with Gasteiger partial charge in [-0.1, -0.05) is 24.3 Å². The molecule has 1 rings (SSSR count). The van der Waals surface area contributed by atoms with Gasteiger partial charge in [0.2, 0.25) is 0 Å². The Balaban J connectivity index is 2.36. The highest BCUT2D eigenvalue weighted by atomic mass is 32.2. The smallest absolute Gasteiger partial charge is 0.328 e. The number of hydrogen-bond acceptors (Lipinski definition) is 4. The standard InChI is InChI=1S/C14H16O4S/c1-18-14(17)8-9-19-10-12-4-2-11(3-5-12)6-7-13(15)16/h2-7H,8-10H2,1H3,(H,15,16)/b7-6+. The molecule has 0 bridgehead atoms. The molecule has 0 aromatic heterocycles. The van der Waals surface area contributed by atoms with E-state index in [1.165, 1.54) is 7.11 Å². The van der Waals surface area contributed by atoms with Crippen LogP contribution in [0.5, 0.6) is 0 Å². The SMILES string of the molecule is COC(=O)CCSCc1ccc(/C=C/C(=O)O)cc1. The second-order valence-corrected chi connectivity index (χ2v) is 4.90. The third-order valence-corrected chi connectivity index (χ3v) is 3.38. The van der Waals surface area contributed by atoms with Gasteiger partial charge in [-0.2, -0.15) is 11.8 Å². The first-order valence-corrected chi connectivity index (χ1v) is 6.92. The molecule has 0 aliphatic heterocycles. The number of rotatable bonds is 7. The monoisotopic (exact) mass is 280 g/mol. The van der Waals surface area contributed by atoms with E-state index < -0.39 is 5.97 Å². The van der Waals surface area contributed by atoms with Gasteiger partial charge in [-0.25, -0.2) is 4.79 Å². The molecular formula is C14H16O4S. The maximum absolute atomic E-state index is 10.9. The average Bonchev–Trinajstić information content (AvgIpc) is 2.42. The Morgan fingerprint density at radius 3 is 2.58 bits per heavy atom. The van der Waals surface area contributed by atoms with Gasteiger partial charge in [0.1, 0.15) is 0 Å². The molecule has 0 fully saturated rings. The lowest BCUT2D eigenvalue weighted by atomic mass is 10.1. The molecule has 1 aromatic rings. The highest BCUT2D eigenvalue weighted by Gasteiger charge is 2.00. The summed E-state index contributed by atoms with van der Waals surface area (Å²) in [5, 5.41) is 8.51. The number of thioether (sulfide) groups is 1. The van der Waals surface area contributed by atoms with Crippen LogP contribution in [0, 0.1) is 0 Å². The minimum Gasteiger partial charge on any atom is -0.478 e. The Hall–Kier alpha value is -1.75. The lowest BCUT2D eigenvalue weighted by Crippen LogP contribution is -2.01. The highest BCUT2D eigenvalue weighted by molar-refractivity contribution is 7.98. The molecule has 0 atom stereocenters. The Bertz CT molecular complexity index is 451. The van der Waals surface area contributed by atoms with Crippen LogP contribution in [-0.4, -0.2) is 29.9 Å². The number of methoxy groups -OCH3 is 1. The predicted molar refractivity (Wildman–Crippen MR) is 75.9 cm³/mol. The van der Waals surface area contributed by atoms with Crippen molar-refractivity contribution in [1.29, 1.82) is 0 Å². The summed E-state index contributed by atoms with van der Waals surface area (Å²) in [5.41, 5.74) is 1.99. The van der Waals surface area contributed by atoms with Crippen molar-refractivity contribution < 1.29 is 19.4 Å². The predicted octanol–water partition coefficient (Wildman–Crippen LogP) is 2.58. The van der Waals surface area contributed by atoms with Gasteiger partial charge in [0, 0.05) is 17.6 Å². The molecule has 0 saturated carbocycles. The molecule has 4 nitrogen and oxygen atoms in total. The Morgan fingerprint density at radius 1 is 1.32 bits per heavy atom. The van der Waals surface area contributed by atoms with E-state index in [0.717, 1.165) is 28.7 Å². The number of carbonyl (C=O) groups excluding carboxylic acids is 1. The summed E-state index contributed by atoms with van der Waals surface area (Å²) >= 11 is 1.66. The molecule has 5 heteroatoms. The third kappa shape index (κ3) is 6.67. The zero-order valence-electron chi connectivity index (χ0n) is 10.7. The summed E-state index contributed by atoms with van der Waals surface area (Å²) in [4.78, 5) is 21.3. The van der Waals surface area contributed by atoms with Crippen molar-refractivity contribution in [3.63, 3.8) is 0 Å². The van der Waals surface area contributed by atoms with E-state index in [1.807, 2.05) is 24.3 Å². The molecule has 0 amide bonds. The number of benzene rings is 1. The second-order valence-electron chi connectivity index (χ2n) is 3.79. The highest BCUT2D eigenvalue weighted by Crippen LogP contribution is 2.14. The number of carboxylic acids is 1. The molecule has 1 N–H and O–H groups in total. The molecule has 0 radical (unpaired) electrons. The normalized spacial score (nSPS) is 10.6. The fraction of sp³-hybridized carbons (Fsp3) is 0.286. The van der Waals surface area contributed by atoms with Gasteiger partial charge < -0.3 is 9.84 Å². The number of carbonyl (C=O) groups is 2. The van der Waals surface area contributed by atoms with Crippen molar-refractivity contribution in [2.24, 2.45) is 0 Å². The van der Waals surface area contributed by atoms with Crippen LogP contribution in [-0.2, 0) is 20.1 Å². The maximum atomic E-state index is 10.9. The molecule has 0 spiro atoms. The lowest BCUT2D eigenvalue weighted by Gasteiger charge is -2.02. The summed E-state index contributed by atoms with van der Waals surface area (Å²) in [6.07, 6.45) is 3.08. The van der Waals surface area contributed by atoms with Crippen LogP contribution in [0.4, 0.5) is 0 Å². The maximum Gasteiger partial charge on any atom is 0.328 e. The van der Waals surface area contributed by atoms with Gasteiger partial charge in [-0.15, -0.1) is 0 Å². The van der Waals surface area contributed by atoms with E-state index in [2.05, 4.69) is 4.74 Å². The minimum atomic E-state index is -0.956. The van der Waals surface area contributed by atoms with E-state index in [1.54, 1.807) is 17.8 Å². The summed E-state index contributed by atoms with van der Waals surface area (Å²) in [6, 6.07) is 7.64. The van der Waals surface area contributed by atoms with E-state index in [-0.39, 0.29) is 5.97 Å². The zero-order valence-corrected chi connectivity index (χ0v) is 11.5. The number of hydrogen-bond donors (Lipinski definition) is 1. The van der Waals surface area contributed by atoms with Crippen LogP contribution in [0.3, 0.4) is 0 Å². The number of carboxylic acid groups (broad SMARTS) is 1. The molecule has 0 unspecified atom stereocenters. The molecule has 0 aliphatic rings. The Kier molecular flexibility index (Phi) is 6.74. The first kappa shape index (κ1) is 15.3. The minimum absolute atomic E-state index is 0.193.